The lowest BCUT2D eigenvalue weighted by molar-refractivity contribution is -0.137. The molecule has 0 atom stereocenters. The largest absolute Gasteiger partial charge is 0.416 e. The van der Waals surface area contributed by atoms with Crippen LogP contribution in [-0.4, -0.2) is 16.8 Å². The smallest absolute Gasteiger partial charge is 0.366 e. The van der Waals surface area contributed by atoms with E-state index in [1.807, 2.05) is 0 Å². The minimum Gasteiger partial charge on any atom is -0.366 e. The first-order valence-corrected chi connectivity index (χ1v) is 8.61. The molecule has 3 N–H and O–H groups in total. The molecule has 2 aromatic carbocycles. The van der Waals surface area contributed by atoms with Crippen molar-refractivity contribution in [3.05, 3.63) is 82.9 Å². The Morgan fingerprint density at radius 2 is 1.73 bits per heavy atom. The van der Waals surface area contributed by atoms with Gasteiger partial charge in [-0.25, -0.2) is 4.39 Å². The lowest BCUT2D eigenvalue weighted by Crippen LogP contribution is -2.19. The second kappa shape index (κ2) is 7.94. The molecule has 0 spiro atoms. The van der Waals surface area contributed by atoms with E-state index in [0.29, 0.717) is 5.56 Å². The molecule has 5 nitrogen and oxygen atoms in total. The van der Waals surface area contributed by atoms with E-state index in [1.54, 1.807) is 0 Å². The van der Waals surface area contributed by atoms with Crippen LogP contribution < -0.4 is 11.1 Å². The molecule has 0 radical (unpaired) electrons. The molecule has 3 rings (SSSR count). The van der Waals surface area contributed by atoms with Crippen molar-refractivity contribution >= 4 is 17.5 Å². The summed E-state index contributed by atoms with van der Waals surface area (Å²) in [6.45, 7) is 1.45. The number of hydrogen-bond acceptors (Lipinski definition) is 3. The average molecular weight is 417 g/mol. The van der Waals surface area contributed by atoms with Gasteiger partial charge in [0.05, 0.1) is 16.8 Å². The molecule has 0 aliphatic carbocycles. The van der Waals surface area contributed by atoms with E-state index in [2.05, 4.69) is 10.3 Å². The number of anilines is 1. The topological polar surface area (TPSA) is 85.1 Å². The van der Waals surface area contributed by atoms with E-state index in [9.17, 15) is 27.2 Å². The van der Waals surface area contributed by atoms with Gasteiger partial charge in [0.15, 0.2) is 0 Å². The number of nitrogens with two attached hydrogens (primary N) is 1. The number of aromatic nitrogens is 1. The van der Waals surface area contributed by atoms with Crippen LogP contribution in [0, 0.1) is 12.7 Å². The van der Waals surface area contributed by atoms with Gasteiger partial charge in [0.25, 0.3) is 11.8 Å². The van der Waals surface area contributed by atoms with Crippen molar-refractivity contribution in [2.45, 2.75) is 13.1 Å². The first kappa shape index (κ1) is 21.0. The molecular weight excluding hydrogens is 402 g/mol. The third-order valence-corrected chi connectivity index (χ3v) is 4.33. The molecule has 9 heteroatoms. The predicted molar refractivity (Wildman–Crippen MR) is 102 cm³/mol. The highest BCUT2D eigenvalue weighted by molar-refractivity contribution is 6.08. The van der Waals surface area contributed by atoms with Gasteiger partial charge in [-0.05, 0) is 60.0 Å². The van der Waals surface area contributed by atoms with Crippen molar-refractivity contribution in [3.63, 3.8) is 0 Å². The number of alkyl halides is 3. The van der Waals surface area contributed by atoms with Gasteiger partial charge in [0.2, 0.25) is 0 Å². The maximum Gasteiger partial charge on any atom is 0.416 e. The highest BCUT2D eigenvalue weighted by Crippen LogP contribution is 2.32. The Balaban J connectivity index is 1.93. The summed E-state index contributed by atoms with van der Waals surface area (Å²) >= 11 is 0. The van der Waals surface area contributed by atoms with Gasteiger partial charge in [-0.3, -0.25) is 14.6 Å². The molecule has 1 heterocycles. The number of hydrogen-bond donors (Lipinski definition) is 2. The van der Waals surface area contributed by atoms with Crippen molar-refractivity contribution in [3.8, 4) is 11.1 Å². The Bertz CT molecular complexity index is 1140. The zero-order valence-corrected chi connectivity index (χ0v) is 15.5. The third kappa shape index (κ3) is 4.45. The molecule has 0 unspecified atom stereocenters. The summed E-state index contributed by atoms with van der Waals surface area (Å²) in [4.78, 5) is 28.1. The van der Waals surface area contributed by atoms with Crippen LogP contribution in [-0.2, 0) is 6.18 Å². The van der Waals surface area contributed by atoms with E-state index in [4.69, 9.17) is 5.73 Å². The van der Waals surface area contributed by atoms with Crippen molar-refractivity contribution < 1.29 is 27.2 Å². The van der Waals surface area contributed by atoms with Gasteiger partial charge in [-0.2, -0.15) is 13.2 Å². The lowest BCUT2D eigenvalue weighted by atomic mass is 10.0. The highest BCUT2D eigenvalue weighted by atomic mass is 19.4. The fourth-order valence-corrected chi connectivity index (χ4v) is 2.78. The molecule has 0 aliphatic heterocycles. The van der Waals surface area contributed by atoms with E-state index in [1.165, 1.54) is 43.5 Å². The summed E-state index contributed by atoms with van der Waals surface area (Å²) in [6, 6.07) is 9.59. The number of amides is 2. The summed E-state index contributed by atoms with van der Waals surface area (Å²) in [5.41, 5.74) is 4.84. The number of pyridine rings is 1. The molecule has 0 bridgehead atoms. The van der Waals surface area contributed by atoms with Crippen LogP contribution >= 0.6 is 0 Å². The number of aryl methyl sites for hydroxylation is 1. The number of carbonyl (C=O) groups excluding carboxylic acids is 2. The van der Waals surface area contributed by atoms with Crippen LogP contribution in [0.4, 0.5) is 23.2 Å². The minimum atomic E-state index is -4.51. The Morgan fingerprint density at radius 3 is 2.40 bits per heavy atom. The van der Waals surface area contributed by atoms with E-state index < -0.39 is 29.4 Å². The quantitative estimate of drug-likeness (QED) is 0.610. The van der Waals surface area contributed by atoms with Gasteiger partial charge in [-0.15, -0.1) is 0 Å². The number of nitrogens with zero attached hydrogens (tertiary/aromatic N) is 1. The summed E-state index contributed by atoms with van der Waals surface area (Å²) in [5, 5.41) is 2.44. The number of halogens is 4. The molecule has 2 amide bonds. The van der Waals surface area contributed by atoms with Crippen LogP contribution in [0.5, 0.6) is 0 Å². The number of benzene rings is 2. The monoisotopic (exact) mass is 417 g/mol. The second-order valence-electron chi connectivity index (χ2n) is 6.47. The van der Waals surface area contributed by atoms with Crippen LogP contribution in [0.2, 0.25) is 0 Å². The fraction of sp³-hybridized carbons (Fsp3) is 0.0952. The van der Waals surface area contributed by atoms with E-state index >= 15 is 0 Å². The fourth-order valence-electron chi connectivity index (χ4n) is 2.78. The van der Waals surface area contributed by atoms with E-state index in [-0.39, 0.29) is 28.1 Å². The summed E-state index contributed by atoms with van der Waals surface area (Å²) in [7, 11) is 0. The van der Waals surface area contributed by atoms with Crippen LogP contribution in [0.3, 0.4) is 0 Å². The molecule has 154 valence electrons. The summed E-state index contributed by atoms with van der Waals surface area (Å²) in [5.74, 6) is -2.33. The lowest BCUT2D eigenvalue weighted by Gasteiger charge is -2.12. The number of primary amides is 1. The molecule has 1 aromatic heterocycles. The van der Waals surface area contributed by atoms with Crippen molar-refractivity contribution in [2.24, 2.45) is 5.73 Å². The number of carbonyl (C=O) groups is 2. The van der Waals surface area contributed by atoms with Crippen molar-refractivity contribution in [2.75, 3.05) is 5.32 Å². The van der Waals surface area contributed by atoms with Gasteiger partial charge in [0.1, 0.15) is 11.5 Å². The number of nitrogens with one attached hydrogen (secondary N) is 1. The maximum absolute atomic E-state index is 13.7. The Hall–Kier alpha value is -3.75. The van der Waals surface area contributed by atoms with Crippen LogP contribution in [0.25, 0.3) is 11.1 Å². The first-order valence-electron chi connectivity index (χ1n) is 8.61. The second-order valence-corrected chi connectivity index (χ2v) is 6.47. The summed E-state index contributed by atoms with van der Waals surface area (Å²) < 4.78 is 52.6. The standard InChI is InChI=1S/C21H15F4N3O2/c1-11-7-17(15(19(26)29)10-16(11)22)28-20(30)18-9-13(5-6-27-18)12-3-2-4-14(8-12)21(23,24)25/h2-10H,1H3,(H2,26,29)(H,28,30). The molecular formula is C21H15F4N3O2. The van der Waals surface area contributed by atoms with Crippen molar-refractivity contribution in [1.82, 2.24) is 4.98 Å². The molecule has 0 saturated carbocycles. The number of rotatable bonds is 4. The van der Waals surface area contributed by atoms with Gasteiger partial charge in [0, 0.05) is 6.20 Å². The molecule has 0 fully saturated rings. The van der Waals surface area contributed by atoms with Gasteiger partial charge >= 0.3 is 6.18 Å². The Kier molecular flexibility index (Phi) is 5.55. The van der Waals surface area contributed by atoms with E-state index in [0.717, 1.165) is 18.2 Å². The zero-order valence-electron chi connectivity index (χ0n) is 15.5. The van der Waals surface area contributed by atoms with Gasteiger partial charge in [-0.1, -0.05) is 12.1 Å². The minimum absolute atomic E-state index is 0.00216. The SMILES string of the molecule is Cc1cc(NC(=O)c2cc(-c3cccc(C(F)(F)F)c3)ccn2)c(C(N)=O)cc1F. The zero-order chi connectivity index (χ0) is 22.1. The molecule has 3 aromatic rings. The molecule has 30 heavy (non-hydrogen) atoms. The maximum atomic E-state index is 13.7. The average Bonchev–Trinajstić information content (AvgIpc) is 2.70. The first-order chi connectivity index (χ1) is 14.1. The predicted octanol–water partition coefficient (Wildman–Crippen LogP) is 4.57. The van der Waals surface area contributed by atoms with Crippen LogP contribution in [0.15, 0.2) is 54.7 Å². The van der Waals surface area contributed by atoms with Gasteiger partial charge < -0.3 is 11.1 Å². The van der Waals surface area contributed by atoms with Crippen molar-refractivity contribution in [1.29, 1.82) is 0 Å². The highest BCUT2D eigenvalue weighted by Gasteiger charge is 2.30. The van der Waals surface area contributed by atoms with Crippen LogP contribution in [0.1, 0.15) is 32.0 Å². The normalized spacial score (nSPS) is 11.2. The molecule has 0 saturated heterocycles. The Labute approximate surface area is 168 Å². The summed E-state index contributed by atoms with van der Waals surface area (Å²) in [6.07, 6.45) is -3.23. The Morgan fingerprint density at radius 1 is 1.03 bits per heavy atom. The molecule has 0 aliphatic rings. The third-order valence-electron chi connectivity index (χ3n) is 4.33.